The van der Waals surface area contributed by atoms with Crippen LogP contribution in [-0.4, -0.2) is 53.3 Å². The van der Waals surface area contributed by atoms with Gasteiger partial charge in [0.2, 0.25) is 5.95 Å². The van der Waals surface area contributed by atoms with E-state index < -0.39 is 5.82 Å². The van der Waals surface area contributed by atoms with Crippen molar-refractivity contribution in [1.82, 2.24) is 19.9 Å². The van der Waals surface area contributed by atoms with E-state index in [9.17, 15) is 4.39 Å². The fraction of sp³-hybridized carbons (Fsp3) is 0.217. The Morgan fingerprint density at radius 3 is 2.52 bits per heavy atom. The number of hydrogen-bond donors (Lipinski definition) is 2. The van der Waals surface area contributed by atoms with Crippen molar-refractivity contribution in [2.45, 2.75) is 0 Å². The lowest BCUT2D eigenvalue weighted by Gasteiger charge is -2.29. The molecule has 2 aromatic carbocycles. The number of methoxy groups -OCH3 is 1. The van der Waals surface area contributed by atoms with Crippen LogP contribution in [0.5, 0.6) is 5.75 Å². The molecule has 2 aromatic heterocycles. The maximum absolute atomic E-state index is 14.8. The molecule has 3 heterocycles. The molecule has 1 fully saturated rings. The number of nitrogens with two attached hydrogens (primary N) is 2. The molecule has 5 rings (SSSR count). The summed E-state index contributed by atoms with van der Waals surface area (Å²) in [6, 6.07) is 8.54. The first-order valence-electron chi connectivity index (χ1n) is 10.4. The van der Waals surface area contributed by atoms with E-state index in [1.807, 2.05) is 6.07 Å². The van der Waals surface area contributed by atoms with Crippen molar-refractivity contribution < 1.29 is 13.9 Å². The highest BCUT2D eigenvalue weighted by Crippen LogP contribution is 2.38. The van der Waals surface area contributed by atoms with Crippen molar-refractivity contribution in [2.75, 3.05) is 49.8 Å². The number of aromatic nitrogens is 4. The summed E-state index contributed by atoms with van der Waals surface area (Å²) in [7, 11) is 1.55. The molecular weight excluding hydrogens is 425 g/mol. The first kappa shape index (κ1) is 20.8. The predicted octanol–water partition coefficient (Wildman–Crippen LogP) is 2.90. The zero-order valence-electron chi connectivity index (χ0n) is 18.0. The molecule has 0 bridgehead atoms. The molecule has 1 aliphatic rings. The Hall–Kier alpha value is -4.05. The molecule has 4 N–H and O–H groups in total. The standard InChI is InChI=1S/C23H22FN7O2/c1-32-18-10-13(15-3-2-4-17(25)19(15)24)9-16-20(18)29-21(14-11-27-23(26)28-12-14)30-22(16)31-5-7-33-8-6-31/h2-4,9-12H,5-8,25H2,1H3,(H2,26,27,28). The van der Waals surface area contributed by atoms with Crippen LogP contribution in [0.25, 0.3) is 33.4 Å². The average molecular weight is 447 g/mol. The van der Waals surface area contributed by atoms with Crippen LogP contribution in [0.4, 0.5) is 21.8 Å². The van der Waals surface area contributed by atoms with Gasteiger partial charge < -0.3 is 25.8 Å². The smallest absolute Gasteiger partial charge is 0.219 e. The van der Waals surface area contributed by atoms with Crippen LogP contribution in [0, 0.1) is 5.82 Å². The van der Waals surface area contributed by atoms with Gasteiger partial charge in [-0.05, 0) is 23.8 Å². The Morgan fingerprint density at radius 2 is 1.79 bits per heavy atom. The van der Waals surface area contributed by atoms with E-state index in [2.05, 4.69) is 14.9 Å². The van der Waals surface area contributed by atoms with Crippen LogP contribution < -0.4 is 21.1 Å². The summed E-state index contributed by atoms with van der Waals surface area (Å²) in [6.07, 6.45) is 3.16. The number of ether oxygens (including phenoxy) is 2. The zero-order chi connectivity index (χ0) is 22.9. The second-order valence-corrected chi connectivity index (χ2v) is 7.58. The van der Waals surface area contributed by atoms with Crippen molar-refractivity contribution in [3.63, 3.8) is 0 Å². The number of halogens is 1. The highest BCUT2D eigenvalue weighted by atomic mass is 19.1. The number of rotatable bonds is 4. The van der Waals surface area contributed by atoms with Gasteiger partial charge in [-0.3, -0.25) is 0 Å². The Balaban J connectivity index is 1.77. The summed E-state index contributed by atoms with van der Waals surface area (Å²) in [5, 5.41) is 0.730. The van der Waals surface area contributed by atoms with Crippen molar-refractivity contribution in [3.8, 4) is 28.3 Å². The van der Waals surface area contributed by atoms with Crippen LogP contribution in [0.15, 0.2) is 42.7 Å². The second-order valence-electron chi connectivity index (χ2n) is 7.58. The molecule has 10 heteroatoms. The van der Waals surface area contributed by atoms with Crippen LogP contribution in [0.2, 0.25) is 0 Å². The second kappa shape index (κ2) is 8.47. The fourth-order valence-corrected chi connectivity index (χ4v) is 3.87. The molecule has 33 heavy (non-hydrogen) atoms. The summed E-state index contributed by atoms with van der Waals surface area (Å²) in [4.78, 5) is 19.8. The van der Waals surface area contributed by atoms with E-state index in [4.69, 9.17) is 30.9 Å². The van der Waals surface area contributed by atoms with E-state index in [0.29, 0.717) is 65.9 Å². The lowest BCUT2D eigenvalue weighted by atomic mass is 10.0. The highest BCUT2D eigenvalue weighted by molar-refractivity contribution is 5.98. The molecule has 0 amide bonds. The quantitative estimate of drug-likeness (QED) is 0.454. The lowest BCUT2D eigenvalue weighted by molar-refractivity contribution is 0.122. The SMILES string of the molecule is COc1cc(-c2cccc(N)c2F)cc2c(N3CCOCC3)nc(-c3cnc(N)nc3)nc12. The van der Waals surface area contributed by atoms with E-state index >= 15 is 0 Å². The maximum atomic E-state index is 14.8. The van der Waals surface area contributed by atoms with Crippen molar-refractivity contribution in [3.05, 3.63) is 48.5 Å². The minimum Gasteiger partial charge on any atom is -0.494 e. The number of fused-ring (bicyclic) bond motifs is 1. The zero-order valence-corrected chi connectivity index (χ0v) is 18.0. The molecule has 9 nitrogen and oxygen atoms in total. The van der Waals surface area contributed by atoms with E-state index in [-0.39, 0.29) is 11.6 Å². The molecule has 1 saturated heterocycles. The van der Waals surface area contributed by atoms with Crippen LogP contribution >= 0.6 is 0 Å². The first-order valence-corrected chi connectivity index (χ1v) is 10.4. The van der Waals surface area contributed by atoms with Gasteiger partial charge in [0.25, 0.3) is 0 Å². The van der Waals surface area contributed by atoms with E-state index in [1.54, 1.807) is 37.7 Å². The third kappa shape index (κ3) is 3.85. The first-order chi connectivity index (χ1) is 16.0. The molecule has 0 radical (unpaired) electrons. The molecule has 168 valence electrons. The van der Waals surface area contributed by atoms with Gasteiger partial charge in [-0.15, -0.1) is 0 Å². The van der Waals surface area contributed by atoms with Gasteiger partial charge in [0.05, 0.1) is 31.6 Å². The highest BCUT2D eigenvalue weighted by Gasteiger charge is 2.22. The Bertz CT molecular complexity index is 1320. The average Bonchev–Trinajstić information content (AvgIpc) is 2.85. The topological polar surface area (TPSA) is 125 Å². The summed E-state index contributed by atoms with van der Waals surface area (Å²) in [5.41, 5.74) is 13.7. The van der Waals surface area contributed by atoms with E-state index in [0.717, 1.165) is 5.39 Å². The number of morpholine rings is 1. The Morgan fingerprint density at radius 1 is 1.03 bits per heavy atom. The number of hydrogen-bond acceptors (Lipinski definition) is 9. The molecule has 0 saturated carbocycles. The summed E-state index contributed by atoms with van der Waals surface area (Å²) < 4.78 is 26.0. The number of nitrogen functional groups attached to an aromatic ring is 2. The normalized spacial score (nSPS) is 13.9. The minimum atomic E-state index is -0.483. The van der Waals surface area contributed by atoms with Crippen LogP contribution in [-0.2, 0) is 4.74 Å². The summed E-state index contributed by atoms with van der Waals surface area (Å²) in [6.45, 7) is 2.46. The molecule has 1 aliphatic heterocycles. The van der Waals surface area contributed by atoms with Gasteiger partial charge in [0, 0.05) is 36.4 Å². The van der Waals surface area contributed by atoms with Gasteiger partial charge in [-0.1, -0.05) is 12.1 Å². The van der Waals surface area contributed by atoms with Crippen molar-refractivity contribution in [2.24, 2.45) is 0 Å². The number of anilines is 3. The lowest BCUT2D eigenvalue weighted by Crippen LogP contribution is -2.37. The van der Waals surface area contributed by atoms with Crippen LogP contribution in [0.3, 0.4) is 0 Å². The Labute approximate surface area is 189 Å². The van der Waals surface area contributed by atoms with E-state index in [1.165, 1.54) is 6.07 Å². The monoisotopic (exact) mass is 447 g/mol. The minimum absolute atomic E-state index is 0.0786. The fourth-order valence-electron chi connectivity index (χ4n) is 3.87. The maximum Gasteiger partial charge on any atom is 0.219 e. The van der Waals surface area contributed by atoms with Crippen molar-refractivity contribution in [1.29, 1.82) is 0 Å². The third-order valence-electron chi connectivity index (χ3n) is 5.55. The summed E-state index contributed by atoms with van der Waals surface area (Å²) >= 11 is 0. The summed E-state index contributed by atoms with van der Waals surface area (Å²) in [5.74, 6) is 1.30. The largest absolute Gasteiger partial charge is 0.494 e. The van der Waals surface area contributed by atoms with Gasteiger partial charge in [0.1, 0.15) is 17.1 Å². The Kier molecular flexibility index (Phi) is 5.35. The predicted molar refractivity (Wildman–Crippen MR) is 124 cm³/mol. The van der Waals surface area contributed by atoms with Gasteiger partial charge in [-0.2, -0.15) is 0 Å². The molecule has 0 aliphatic carbocycles. The third-order valence-corrected chi connectivity index (χ3v) is 5.55. The number of benzene rings is 2. The van der Waals surface area contributed by atoms with Crippen LogP contribution in [0.1, 0.15) is 0 Å². The molecule has 4 aromatic rings. The van der Waals surface area contributed by atoms with Crippen molar-refractivity contribution >= 4 is 28.4 Å². The molecule has 0 spiro atoms. The molecule has 0 atom stereocenters. The van der Waals surface area contributed by atoms with Gasteiger partial charge in [0.15, 0.2) is 11.6 Å². The molecular formula is C23H22FN7O2. The number of nitrogens with zero attached hydrogens (tertiary/aromatic N) is 5. The molecule has 0 unspecified atom stereocenters. The van der Waals surface area contributed by atoms with Gasteiger partial charge >= 0.3 is 0 Å². The van der Waals surface area contributed by atoms with Gasteiger partial charge in [-0.25, -0.2) is 24.3 Å².